The summed E-state index contributed by atoms with van der Waals surface area (Å²) in [5, 5.41) is 2.63. The maximum atomic E-state index is 12.8. The van der Waals surface area contributed by atoms with Gasteiger partial charge in [-0.3, -0.25) is 19.3 Å². The maximum absolute atomic E-state index is 12.8. The van der Waals surface area contributed by atoms with E-state index in [1.807, 2.05) is 6.07 Å². The third kappa shape index (κ3) is 4.00. The zero-order chi connectivity index (χ0) is 20.3. The van der Waals surface area contributed by atoms with Gasteiger partial charge in [-0.15, -0.1) is 0 Å². The summed E-state index contributed by atoms with van der Waals surface area (Å²) in [6, 6.07) is 8.15. The van der Waals surface area contributed by atoms with E-state index in [0.717, 1.165) is 17.7 Å². The maximum Gasteiger partial charge on any atom is 0.326 e. The summed E-state index contributed by atoms with van der Waals surface area (Å²) in [4.78, 5) is 51.8. The molecule has 2 fully saturated rings. The van der Waals surface area contributed by atoms with E-state index in [0.29, 0.717) is 24.6 Å². The van der Waals surface area contributed by atoms with Gasteiger partial charge in [-0.2, -0.15) is 0 Å². The molecule has 2 atom stereocenters. The van der Waals surface area contributed by atoms with Crippen LogP contribution in [0.4, 0.5) is 4.79 Å². The third-order valence-electron chi connectivity index (χ3n) is 5.28. The molecule has 0 unspecified atom stereocenters. The fourth-order valence-corrected chi connectivity index (χ4v) is 3.63. The fourth-order valence-electron chi connectivity index (χ4n) is 3.63. The molecule has 0 aromatic heterocycles. The zero-order valence-corrected chi connectivity index (χ0v) is 16.1. The fraction of sp³-hybridized carbons (Fsp3) is 0.500. The molecule has 2 aliphatic heterocycles. The monoisotopic (exact) mass is 387 g/mol. The van der Waals surface area contributed by atoms with Gasteiger partial charge < -0.3 is 15.0 Å². The van der Waals surface area contributed by atoms with E-state index in [9.17, 15) is 19.2 Å². The number of nitrogens with zero attached hydrogens (tertiary/aromatic N) is 2. The van der Waals surface area contributed by atoms with Crippen LogP contribution in [0.2, 0.25) is 0 Å². The first-order chi connectivity index (χ1) is 13.3. The molecule has 2 heterocycles. The number of rotatable bonds is 5. The molecule has 3 rings (SSSR count). The van der Waals surface area contributed by atoms with Crippen molar-refractivity contribution < 1.29 is 23.9 Å². The molecule has 150 valence electrons. The number of hydrogen-bond acceptors (Lipinski definition) is 5. The van der Waals surface area contributed by atoms with E-state index < -0.39 is 30.0 Å². The van der Waals surface area contributed by atoms with Crippen LogP contribution in [-0.4, -0.2) is 59.9 Å². The zero-order valence-electron chi connectivity index (χ0n) is 16.1. The molecule has 28 heavy (non-hydrogen) atoms. The molecule has 0 aliphatic carbocycles. The van der Waals surface area contributed by atoms with Gasteiger partial charge in [0, 0.05) is 13.1 Å². The van der Waals surface area contributed by atoms with Gasteiger partial charge in [0.15, 0.2) is 6.61 Å². The van der Waals surface area contributed by atoms with Crippen molar-refractivity contribution in [3.05, 3.63) is 35.9 Å². The van der Waals surface area contributed by atoms with Crippen LogP contribution in [0, 0.1) is 5.92 Å². The van der Waals surface area contributed by atoms with Crippen molar-refractivity contribution in [1.82, 2.24) is 15.1 Å². The Balaban J connectivity index is 1.56. The molecule has 0 bridgehead atoms. The molecule has 8 heteroatoms. The summed E-state index contributed by atoms with van der Waals surface area (Å²) in [6.07, 6.45) is 2.01. The Morgan fingerprint density at radius 1 is 1.25 bits per heavy atom. The van der Waals surface area contributed by atoms with E-state index in [4.69, 9.17) is 4.74 Å². The summed E-state index contributed by atoms with van der Waals surface area (Å²) < 4.78 is 5.02. The number of imide groups is 1. The predicted octanol–water partition coefficient (Wildman–Crippen LogP) is 1.26. The van der Waals surface area contributed by atoms with Crippen molar-refractivity contribution in [2.75, 3.05) is 26.2 Å². The number of carbonyl (C=O) groups is 4. The topological polar surface area (TPSA) is 96.0 Å². The van der Waals surface area contributed by atoms with E-state index in [1.54, 1.807) is 36.1 Å². The van der Waals surface area contributed by atoms with E-state index >= 15 is 0 Å². The molecular weight excluding hydrogens is 362 g/mol. The number of nitrogens with one attached hydrogen (secondary N) is 1. The van der Waals surface area contributed by atoms with Gasteiger partial charge in [-0.05, 0) is 31.2 Å². The Morgan fingerprint density at radius 2 is 1.96 bits per heavy atom. The number of carbonyl (C=O) groups excluding carboxylic acids is 4. The van der Waals surface area contributed by atoms with Gasteiger partial charge in [-0.25, -0.2) is 4.79 Å². The second-order valence-electron chi connectivity index (χ2n) is 7.56. The Morgan fingerprint density at radius 3 is 2.64 bits per heavy atom. The summed E-state index contributed by atoms with van der Waals surface area (Å²) in [7, 11) is 0. The van der Waals surface area contributed by atoms with Crippen molar-refractivity contribution in [2.45, 2.75) is 32.2 Å². The van der Waals surface area contributed by atoms with Crippen molar-refractivity contribution in [1.29, 1.82) is 0 Å². The Bertz CT molecular complexity index is 781. The van der Waals surface area contributed by atoms with Gasteiger partial charge >= 0.3 is 12.0 Å². The number of esters is 1. The smallest absolute Gasteiger partial charge is 0.326 e. The molecule has 1 aromatic carbocycles. The van der Waals surface area contributed by atoms with Crippen LogP contribution in [-0.2, 0) is 24.7 Å². The SMILES string of the molecule is C[C@@H]1CCCN(C(=O)COC(=O)CN2C(=O)N[C@](C)(c3ccccc3)C2=O)C1. The molecule has 1 aromatic rings. The highest BCUT2D eigenvalue weighted by Crippen LogP contribution is 2.28. The Kier molecular flexibility index (Phi) is 5.67. The largest absolute Gasteiger partial charge is 0.454 e. The quantitative estimate of drug-likeness (QED) is 0.606. The van der Waals surface area contributed by atoms with Gasteiger partial charge in [0.2, 0.25) is 0 Å². The highest BCUT2D eigenvalue weighted by Gasteiger charge is 2.49. The number of amides is 4. The molecule has 1 N–H and O–H groups in total. The second-order valence-corrected chi connectivity index (χ2v) is 7.56. The van der Waals surface area contributed by atoms with Crippen molar-refractivity contribution in [3.8, 4) is 0 Å². The third-order valence-corrected chi connectivity index (χ3v) is 5.28. The van der Waals surface area contributed by atoms with E-state index in [-0.39, 0.29) is 12.5 Å². The molecule has 2 aliphatic rings. The molecule has 0 saturated carbocycles. The highest BCUT2D eigenvalue weighted by molar-refractivity contribution is 6.08. The average Bonchev–Trinajstić information content (AvgIpc) is 2.91. The summed E-state index contributed by atoms with van der Waals surface area (Å²) in [6.45, 7) is 4.06. The number of piperidine rings is 1. The molecular formula is C20H25N3O5. The average molecular weight is 387 g/mol. The lowest BCUT2D eigenvalue weighted by atomic mass is 9.92. The minimum absolute atomic E-state index is 0.258. The first-order valence-electron chi connectivity index (χ1n) is 9.44. The summed E-state index contributed by atoms with van der Waals surface area (Å²) in [5.41, 5.74) is -0.614. The van der Waals surface area contributed by atoms with Crippen LogP contribution < -0.4 is 5.32 Å². The number of ether oxygens (including phenoxy) is 1. The number of benzene rings is 1. The van der Waals surface area contributed by atoms with Gasteiger partial charge in [0.25, 0.3) is 11.8 Å². The van der Waals surface area contributed by atoms with E-state index in [2.05, 4.69) is 12.2 Å². The number of likely N-dealkylation sites (tertiary alicyclic amines) is 1. The van der Waals surface area contributed by atoms with Gasteiger partial charge in [0.1, 0.15) is 12.1 Å². The lowest BCUT2D eigenvalue weighted by molar-refractivity contribution is -0.154. The first kappa shape index (κ1) is 19.9. The standard InChI is InChI=1S/C20H25N3O5/c1-14-7-6-10-22(11-14)16(24)13-28-17(25)12-23-18(26)20(2,21-19(23)27)15-8-4-3-5-9-15/h3-5,8-9,14H,6-7,10-13H2,1-2H3,(H,21,27)/t14-,20-/m1/s1. The molecule has 4 amide bonds. The molecule has 0 spiro atoms. The lowest BCUT2D eigenvalue weighted by Gasteiger charge is -2.30. The van der Waals surface area contributed by atoms with Crippen molar-refractivity contribution in [3.63, 3.8) is 0 Å². The van der Waals surface area contributed by atoms with Crippen molar-refractivity contribution in [2.24, 2.45) is 5.92 Å². The van der Waals surface area contributed by atoms with Gasteiger partial charge in [0.05, 0.1) is 0 Å². The molecule has 2 saturated heterocycles. The first-order valence-corrected chi connectivity index (χ1v) is 9.44. The summed E-state index contributed by atoms with van der Waals surface area (Å²) in [5.74, 6) is -1.16. The minimum atomic E-state index is -1.24. The van der Waals surface area contributed by atoms with Crippen LogP contribution >= 0.6 is 0 Å². The van der Waals surface area contributed by atoms with Crippen LogP contribution in [0.5, 0.6) is 0 Å². The van der Waals surface area contributed by atoms with Gasteiger partial charge in [-0.1, -0.05) is 37.3 Å². The molecule has 0 radical (unpaired) electrons. The normalized spacial score (nSPS) is 24.9. The van der Waals surface area contributed by atoms with Crippen LogP contribution in [0.1, 0.15) is 32.3 Å². The lowest BCUT2D eigenvalue weighted by Crippen LogP contribution is -2.43. The number of urea groups is 1. The summed E-state index contributed by atoms with van der Waals surface area (Å²) >= 11 is 0. The predicted molar refractivity (Wildman–Crippen MR) is 100.0 cm³/mol. The molecule has 8 nitrogen and oxygen atoms in total. The van der Waals surface area contributed by atoms with E-state index in [1.165, 1.54) is 0 Å². The highest BCUT2D eigenvalue weighted by atomic mass is 16.5. The van der Waals surface area contributed by atoms with Crippen molar-refractivity contribution >= 4 is 23.8 Å². The van der Waals surface area contributed by atoms with Crippen LogP contribution in [0.15, 0.2) is 30.3 Å². The minimum Gasteiger partial charge on any atom is -0.454 e. The number of hydrogen-bond donors (Lipinski definition) is 1. The second kappa shape index (κ2) is 8.00. The Hall–Kier alpha value is -2.90. The van der Waals surface area contributed by atoms with Crippen LogP contribution in [0.3, 0.4) is 0 Å². The Labute approximate surface area is 163 Å². The van der Waals surface area contributed by atoms with Crippen LogP contribution in [0.25, 0.3) is 0 Å².